The van der Waals surface area contributed by atoms with Crippen LogP contribution in [0.5, 0.6) is 5.75 Å². The number of carbonyl (C=O) groups is 2. The van der Waals surface area contributed by atoms with Gasteiger partial charge < -0.3 is 9.47 Å². The Kier molecular flexibility index (Phi) is 8.18. The van der Waals surface area contributed by atoms with Crippen LogP contribution in [0.1, 0.15) is 20.7 Å². The molecule has 0 aliphatic rings. The van der Waals surface area contributed by atoms with Crippen LogP contribution in [0, 0.1) is 0 Å². The van der Waals surface area contributed by atoms with Crippen LogP contribution in [-0.4, -0.2) is 37.3 Å². The van der Waals surface area contributed by atoms with Gasteiger partial charge in [-0.2, -0.15) is 0 Å². The molecule has 0 aliphatic carbocycles. The molecular weight excluding hydrogens is 434 g/mol. The van der Waals surface area contributed by atoms with Gasteiger partial charge in [0.1, 0.15) is 12.4 Å². The Balaban J connectivity index is 1.82. The molecule has 0 radical (unpaired) electrons. The topological polar surface area (TPSA) is 88.7 Å². The van der Waals surface area contributed by atoms with E-state index in [4.69, 9.17) is 21.7 Å². The first-order valence-corrected chi connectivity index (χ1v) is 9.09. The molecule has 7 nitrogen and oxygen atoms in total. The van der Waals surface area contributed by atoms with Crippen molar-refractivity contribution >= 4 is 45.1 Å². The predicted octanol–water partition coefficient (Wildman–Crippen LogP) is 2.42. The van der Waals surface area contributed by atoms with Gasteiger partial charge in [-0.05, 0) is 64.5 Å². The van der Waals surface area contributed by atoms with Crippen molar-refractivity contribution in [1.82, 2.24) is 16.2 Å². The monoisotopic (exact) mass is 451 g/mol. The van der Waals surface area contributed by atoms with Crippen LogP contribution in [0.4, 0.5) is 0 Å². The molecule has 0 atom stereocenters. The number of ether oxygens (including phenoxy) is 2. The standard InChI is InChI=1S/C18H18BrN3O4S/c1-25-10-11-26-13-8-6-12(7-9-13)16(23)20-18(27)22-21-17(24)14-4-2-3-5-15(14)19/h2-9H,10-11H2,1H3,(H,21,24)(H2,20,22,23,27). The number of hydrazine groups is 1. The van der Waals surface area contributed by atoms with Gasteiger partial charge in [-0.15, -0.1) is 0 Å². The van der Waals surface area contributed by atoms with Crippen LogP contribution in [0.15, 0.2) is 53.0 Å². The maximum Gasteiger partial charge on any atom is 0.270 e. The molecule has 2 rings (SSSR count). The second kappa shape index (κ2) is 10.6. The maximum atomic E-state index is 12.2. The number of rotatable bonds is 6. The quantitative estimate of drug-likeness (QED) is 0.355. The van der Waals surface area contributed by atoms with Crippen LogP contribution >= 0.6 is 28.1 Å². The predicted molar refractivity (Wildman–Crippen MR) is 109 cm³/mol. The summed E-state index contributed by atoms with van der Waals surface area (Å²) in [5.74, 6) is -0.173. The molecule has 0 aromatic heterocycles. The molecule has 3 N–H and O–H groups in total. The van der Waals surface area contributed by atoms with Crippen LogP contribution in [0.2, 0.25) is 0 Å². The highest BCUT2D eigenvalue weighted by molar-refractivity contribution is 9.10. The number of thiocarbonyl (C=S) groups is 1. The van der Waals surface area contributed by atoms with Gasteiger partial charge in [-0.1, -0.05) is 12.1 Å². The smallest absolute Gasteiger partial charge is 0.270 e. The SMILES string of the molecule is COCCOc1ccc(C(=O)NC(=S)NNC(=O)c2ccccc2Br)cc1. The second-order valence-electron chi connectivity index (χ2n) is 5.21. The molecule has 2 amide bonds. The van der Waals surface area contributed by atoms with Crippen molar-refractivity contribution in [2.45, 2.75) is 0 Å². The minimum Gasteiger partial charge on any atom is -0.491 e. The average Bonchev–Trinajstić information content (AvgIpc) is 2.67. The molecule has 142 valence electrons. The van der Waals surface area contributed by atoms with Crippen molar-refractivity contribution in [2.24, 2.45) is 0 Å². The summed E-state index contributed by atoms with van der Waals surface area (Å²) in [6.07, 6.45) is 0. The Hall–Kier alpha value is -2.49. The average molecular weight is 452 g/mol. The first kappa shape index (κ1) is 20.8. The highest BCUT2D eigenvalue weighted by Crippen LogP contribution is 2.15. The third kappa shape index (κ3) is 6.63. The molecule has 0 heterocycles. The van der Waals surface area contributed by atoms with E-state index in [0.29, 0.717) is 34.6 Å². The number of methoxy groups -OCH3 is 1. The highest BCUT2D eigenvalue weighted by atomic mass is 79.9. The molecule has 0 aliphatic heterocycles. The molecule has 2 aromatic rings. The third-order valence-corrected chi connectivity index (χ3v) is 4.20. The van der Waals surface area contributed by atoms with Crippen LogP contribution in [-0.2, 0) is 4.74 Å². The van der Waals surface area contributed by atoms with E-state index in [9.17, 15) is 9.59 Å². The molecule has 9 heteroatoms. The molecule has 27 heavy (non-hydrogen) atoms. The van der Waals surface area contributed by atoms with E-state index in [1.54, 1.807) is 55.6 Å². The molecule has 0 bridgehead atoms. The number of benzene rings is 2. The van der Waals surface area contributed by atoms with Crippen molar-refractivity contribution in [3.8, 4) is 5.75 Å². The normalized spacial score (nSPS) is 10.0. The number of amides is 2. The minimum atomic E-state index is -0.411. The first-order chi connectivity index (χ1) is 13.0. The van der Waals surface area contributed by atoms with Gasteiger partial charge in [0, 0.05) is 17.1 Å². The number of carbonyl (C=O) groups excluding carboxylic acids is 2. The van der Waals surface area contributed by atoms with Gasteiger partial charge in [-0.3, -0.25) is 25.8 Å². The molecule has 2 aromatic carbocycles. The second-order valence-corrected chi connectivity index (χ2v) is 6.47. The lowest BCUT2D eigenvalue weighted by Gasteiger charge is -2.12. The number of nitrogens with one attached hydrogen (secondary N) is 3. The molecule has 0 fully saturated rings. The lowest BCUT2D eigenvalue weighted by atomic mass is 10.2. The van der Waals surface area contributed by atoms with E-state index in [1.807, 2.05) is 0 Å². The Bertz CT molecular complexity index is 815. The van der Waals surface area contributed by atoms with Crippen molar-refractivity contribution < 1.29 is 19.1 Å². The molecule has 0 unspecified atom stereocenters. The van der Waals surface area contributed by atoms with Gasteiger partial charge in [0.25, 0.3) is 11.8 Å². The van der Waals surface area contributed by atoms with Crippen molar-refractivity contribution in [3.05, 3.63) is 64.1 Å². The van der Waals surface area contributed by atoms with Crippen LogP contribution in [0.3, 0.4) is 0 Å². The fourth-order valence-electron chi connectivity index (χ4n) is 1.98. The van der Waals surface area contributed by atoms with E-state index in [1.165, 1.54) is 0 Å². The summed E-state index contributed by atoms with van der Waals surface area (Å²) >= 11 is 8.31. The van der Waals surface area contributed by atoms with Gasteiger partial charge in [-0.25, -0.2) is 0 Å². The van der Waals surface area contributed by atoms with Crippen LogP contribution < -0.4 is 20.9 Å². The van der Waals surface area contributed by atoms with E-state index in [0.717, 1.165) is 0 Å². The largest absolute Gasteiger partial charge is 0.491 e. The number of halogens is 1. The Morgan fingerprint density at radius 3 is 2.37 bits per heavy atom. The zero-order valence-corrected chi connectivity index (χ0v) is 16.9. The summed E-state index contributed by atoms with van der Waals surface area (Å²) < 4.78 is 11.0. The zero-order valence-electron chi connectivity index (χ0n) is 14.5. The van der Waals surface area contributed by atoms with Crippen LogP contribution in [0.25, 0.3) is 0 Å². The minimum absolute atomic E-state index is 0.0270. The van der Waals surface area contributed by atoms with Crippen molar-refractivity contribution in [2.75, 3.05) is 20.3 Å². The fourth-order valence-corrected chi connectivity index (χ4v) is 2.59. The zero-order chi connectivity index (χ0) is 19.6. The lowest BCUT2D eigenvalue weighted by Crippen LogP contribution is -2.48. The van der Waals surface area contributed by atoms with E-state index < -0.39 is 11.8 Å². The summed E-state index contributed by atoms with van der Waals surface area (Å²) in [7, 11) is 1.59. The van der Waals surface area contributed by atoms with Gasteiger partial charge in [0.2, 0.25) is 0 Å². The Morgan fingerprint density at radius 2 is 1.70 bits per heavy atom. The van der Waals surface area contributed by atoms with E-state index in [-0.39, 0.29) is 5.11 Å². The summed E-state index contributed by atoms with van der Waals surface area (Å²) in [4.78, 5) is 24.2. The third-order valence-electron chi connectivity index (χ3n) is 3.31. The lowest BCUT2D eigenvalue weighted by molar-refractivity contribution is 0.0934. The maximum absolute atomic E-state index is 12.2. The molecule has 0 spiro atoms. The fraction of sp³-hybridized carbons (Fsp3) is 0.167. The Labute approximate surface area is 170 Å². The van der Waals surface area contributed by atoms with E-state index >= 15 is 0 Å². The van der Waals surface area contributed by atoms with Gasteiger partial charge >= 0.3 is 0 Å². The molecular formula is C18H18BrN3O4S. The van der Waals surface area contributed by atoms with Crippen molar-refractivity contribution in [3.63, 3.8) is 0 Å². The van der Waals surface area contributed by atoms with Gasteiger partial charge in [0.15, 0.2) is 5.11 Å². The highest BCUT2D eigenvalue weighted by Gasteiger charge is 2.11. The summed E-state index contributed by atoms with van der Waals surface area (Å²) in [6.45, 7) is 0.903. The van der Waals surface area contributed by atoms with Crippen molar-refractivity contribution in [1.29, 1.82) is 0 Å². The summed E-state index contributed by atoms with van der Waals surface area (Å²) in [5, 5.41) is 2.46. The number of hydrogen-bond donors (Lipinski definition) is 3. The number of hydrogen-bond acceptors (Lipinski definition) is 5. The van der Waals surface area contributed by atoms with Gasteiger partial charge in [0.05, 0.1) is 12.2 Å². The first-order valence-electron chi connectivity index (χ1n) is 7.89. The van der Waals surface area contributed by atoms with E-state index in [2.05, 4.69) is 32.1 Å². The molecule has 0 saturated carbocycles. The summed E-state index contributed by atoms with van der Waals surface area (Å²) in [5.41, 5.74) is 5.75. The Morgan fingerprint density at radius 1 is 1.00 bits per heavy atom. The summed E-state index contributed by atoms with van der Waals surface area (Å²) in [6, 6.07) is 13.5. The molecule has 0 saturated heterocycles.